The summed E-state index contributed by atoms with van der Waals surface area (Å²) in [5.41, 5.74) is 3.22. The molecule has 1 N–H and O–H groups in total. The molecular formula is C15H19ClO2. The molecule has 2 nitrogen and oxygen atoms in total. The molecule has 0 aromatic heterocycles. The molecule has 3 heteroatoms. The van der Waals surface area contributed by atoms with Gasteiger partial charge in [-0.15, -0.1) is 11.6 Å². The van der Waals surface area contributed by atoms with Gasteiger partial charge >= 0.3 is 5.97 Å². The zero-order valence-corrected chi connectivity index (χ0v) is 11.4. The summed E-state index contributed by atoms with van der Waals surface area (Å²) < 4.78 is 0. The number of aryl methyl sites for hydroxylation is 1. The Morgan fingerprint density at radius 3 is 2.56 bits per heavy atom. The van der Waals surface area contributed by atoms with Gasteiger partial charge in [-0.05, 0) is 42.4 Å². The van der Waals surface area contributed by atoms with E-state index in [9.17, 15) is 4.79 Å². The minimum Gasteiger partial charge on any atom is -0.480 e. The highest BCUT2D eigenvalue weighted by molar-refractivity contribution is 6.29. The first kappa shape index (κ1) is 13.4. The fraction of sp³-hybridized carbons (Fsp3) is 0.533. The van der Waals surface area contributed by atoms with Crippen LogP contribution in [0.2, 0.25) is 0 Å². The first-order valence-electron chi connectivity index (χ1n) is 6.57. The molecule has 0 saturated heterocycles. The van der Waals surface area contributed by atoms with Crippen molar-refractivity contribution < 1.29 is 9.90 Å². The van der Waals surface area contributed by atoms with Crippen molar-refractivity contribution in [3.63, 3.8) is 0 Å². The highest BCUT2D eigenvalue weighted by Crippen LogP contribution is 2.35. The van der Waals surface area contributed by atoms with Crippen molar-refractivity contribution in [3.8, 4) is 0 Å². The van der Waals surface area contributed by atoms with Crippen LogP contribution in [0.3, 0.4) is 0 Å². The molecule has 1 unspecified atom stereocenters. The van der Waals surface area contributed by atoms with Gasteiger partial charge in [0.1, 0.15) is 0 Å². The third-order valence-electron chi connectivity index (χ3n) is 3.85. The normalized spacial score (nSPS) is 18.6. The minimum absolute atomic E-state index is 0.645. The van der Waals surface area contributed by atoms with E-state index >= 15 is 0 Å². The van der Waals surface area contributed by atoms with E-state index in [1.54, 1.807) is 0 Å². The maximum Gasteiger partial charge on any atom is 0.326 e. The van der Waals surface area contributed by atoms with E-state index in [1.165, 1.54) is 43.2 Å². The monoisotopic (exact) mass is 266 g/mol. The number of carboxylic acids is 1. The Balaban J connectivity index is 2.21. The zero-order valence-electron chi connectivity index (χ0n) is 10.7. The summed E-state index contributed by atoms with van der Waals surface area (Å²) in [5.74, 6) is -0.340. The molecule has 18 heavy (non-hydrogen) atoms. The van der Waals surface area contributed by atoms with Gasteiger partial charge in [0.2, 0.25) is 0 Å². The number of carboxylic acid groups (broad SMARTS) is 1. The molecule has 1 aliphatic rings. The van der Waals surface area contributed by atoms with E-state index in [0.717, 1.165) is 0 Å². The Morgan fingerprint density at radius 2 is 2.00 bits per heavy atom. The third-order valence-corrected chi connectivity index (χ3v) is 4.29. The lowest BCUT2D eigenvalue weighted by Gasteiger charge is -2.24. The molecule has 0 aliphatic heterocycles. The molecule has 0 bridgehead atoms. The van der Waals surface area contributed by atoms with Gasteiger partial charge in [-0.2, -0.15) is 0 Å². The highest BCUT2D eigenvalue weighted by atomic mass is 35.5. The second kappa shape index (κ2) is 5.75. The van der Waals surface area contributed by atoms with E-state index in [-0.39, 0.29) is 0 Å². The number of hydrogen-bond acceptors (Lipinski definition) is 1. The molecule has 2 rings (SSSR count). The summed E-state index contributed by atoms with van der Waals surface area (Å²) in [7, 11) is 0. The van der Waals surface area contributed by atoms with Crippen LogP contribution in [0.1, 0.15) is 60.1 Å². The number of aliphatic carboxylic acids is 1. The summed E-state index contributed by atoms with van der Waals surface area (Å²) in [4.78, 5) is 10.9. The number of halogens is 1. The van der Waals surface area contributed by atoms with Gasteiger partial charge in [-0.3, -0.25) is 4.79 Å². The van der Waals surface area contributed by atoms with Crippen LogP contribution in [0, 0.1) is 6.92 Å². The molecule has 1 atom stereocenters. The molecule has 0 heterocycles. The first-order chi connectivity index (χ1) is 8.59. The van der Waals surface area contributed by atoms with E-state index in [1.807, 2.05) is 12.1 Å². The SMILES string of the molecule is Cc1cc(C(Cl)C(=O)O)ccc1C1CCCCC1. The molecule has 1 fully saturated rings. The van der Waals surface area contributed by atoms with Crippen LogP contribution in [0.25, 0.3) is 0 Å². The number of rotatable bonds is 3. The quantitative estimate of drug-likeness (QED) is 0.823. The second-order valence-electron chi connectivity index (χ2n) is 5.15. The van der Waals surface area contributed by atoms with E-state index in [0.29, 0.717) is 11.5 Å². The predicted octanol–water partition coefficient (Wildman–Crippen LogP) is 4.41. The Hall–Kier alpha value is -1.02. The van der Waals surface area contributed by atoms with E-state index in [4.69, 9.17) is 16.7 Å². The van der Waals surface area contributed by atoms with Crippen molar-refractivity contribution in [2.24, 2.45) is 0 Å². The molecule has 1 saturated carbocycles. The Kier molecular flexibility index (Phi) is 4.28. The van der Waals surface area contributed by atoms with E-state index in [2.05, 4.69) is 13.0 Å². The molecule has 1 aromatic carbocycles. The Labute approximate surface area is 113 Å². The average Bonchev–Trinajstić information content (AvgIpc) is 2.38. The fourth-order valence-corrected chi connectivity index (χ4v) is 3.01. The lowest BCUT2D eigenvalue weighted by atomic mass is 9.82. The number of benzene rings is 1. The van der Waals surface area contributed by atoms with Gasteiger partial charge in [-0.1, -0.05) is 37.5 Å². The summed E-state index contributed by atoms with van der Waals surface area (Å²) in [6.07, 6.45) is 6.46. The number of alkyl halides is 1. The Morgan fingerprint density at radius 1 is 1.33 bits per heavy atom. The smallest absolute Gasteiger partial charge is 0.326 e. The minimum atomic E-state index is -0.985. The average molecular weight is 267 g/mol. The van der Waals surface area contributed by atoms with Crippen LogP contribution < -0.4 is 0 Å². The maximum atomic E-state index is 10.9. The van der Waals surface area contributed by atoms with Gasteiger partial charge < -0.3 is 5.11 Å². The van der Waals surface area contributed by atoms with Gasteiger partial charge in [0.05, 0.1) is 0 Å². The number of hydrogen-bond donors (Lipinski definition) is 1. The predicted molar refractivity (Wildman–Crippen MR) is 73.2 cm³/mol. The maximum absolute atomic E-state index is 10.9. The fourth-order valence-electron chi connectivity index (χ4n) is 2.87. The molecule has 1 aromatic rings. The van der Waals surface area contributed by atoms with Crippen LogP contribution >= 0.6 is 11.6 Å². The molecule has 0 spiro atoms. The van der Waals surface area contributed by atoms with Crippen molar-refractivity contribution in [2.45, 2.75) is 50.3 Å². The summed E-state index contributed by atoms with van der Waals surface area (Å²) in [5, 5.41) is 7.97. The van der Waals surface area contributed by atoms with Crippen molar-refractivity contribution in [1.82, 2.24) is 0 Å². The van der Waals surface area contributed by atoms with Crippen molar-refractivity contribution >= 4 is 17.6 Å². The largest absolute Gasteiger partial charge is 0.480 e. The van der Waals surface area contributed by atoms with Crippen molar-refractivity contribution in [3.05, 3.63) is 34.9 Å². The molecule has 98 valence electrons. The van der Waals surface area contributed by atoms with Crippen LogP contribution in [0.5, 0.6) is 0 Å². The zero-order chi connectivity index (χ0) is 13.1. The highest BCUT2D eigenvalue weighted by Gasteiger charge is 2.20. The second-order valence-corrected chi connectivity index (χ2v) is 5.59. The van der Waals surface area contributed by atoms with Crippen molar-refractivity contribution in [1.29, 1.82) is 0 Å². The van der Waals surface area contributed by atoms with Crippen LogP contribution in [-0.2, 0) is 4.79 Å². The van der Waals surface area contributed by atoms with Gasteiger partial charge in [0.25, 0.3) is 0 Å². The molecular weight excluding hydrogens is 248 g/mol. The molecule has 1 aliphatic carbocycles. The van der Waals surface area contributed by atoms with Gasteiger partial charge in [-0.25, -0.2) is 0 Å². The number of carbonyl (C=O) groups is 1. The lowest BCUT2D eigenvalue weighted by Crippen LogP contribution is -2.09. The Bertz CT molecular complexity index is 436. The summed E-state index contributed by atoms with van der Waals surface area (Å²) in [6, 6.07) is 5.86. The molecule has 0 amide bonds. The summed E-state index contributed by atoms with van der Waals surface area (Å²) in [6.45, 7) is 2.05. The van der Waals surface area contributed by atoms with Crippen LogP contribution in [-0.4, -0.2) is 11.1 Å². The van der Waals surface area contributed by atoms with Gasteiger partial charge in [0.15, 0.2) is 5.38 Å². The van der Waals surface area contributed by atoms with E-state index < -0.39 is 11.3 Å². The van der Waals surface area contributed by atoms with Gasteiger partial charge in [0, 0.05) is 0 Å². The van der Waals surface area contributed by atoms with Crippen LogP contribution in [0.15, 0.2) is 18.2 Å². The topological polar surface area (TPSA) is 37.3 Å². The summed E-state index contributed by atoms with van der Waals surface area (Å²) >= 11 is 5.85. The first-order valence-corrected chi connectivity index (χ1v) is 7.00. The lowest BCUT2D eigenvalue weighted by molar-refractivity contribution is -0.136. The standard InChI is InChI=1S/C15H19ClO2/c1-10-9-12(14(16)15(17)18)7-8-13(10)11-5-3-2-4-6-11/h7-9,11,14H,2-6H2,1H3,(H,17,18). The van der Waals surface area contributed by atoms with Crippen LogP contribution in [0.4, 0.5) is 0 Å². The molecule has 0 radical (unpaired) electrons. The van der Waals surface area contributed by atoms with Crippen molar-refractivity contribution in [2.75, 3.05) is 0 Å². The third kappa shape index (κ3) is 2.86.